The molecule has 0 bridgehead atoms. The van der Waals surface area contributed by atoms with Crippen LogP contribution in [-0.2, 0) is 20.8 Å². The van der Waals surface area contributed by atoms with Gasteiger partial charge in [-0.15, -0.1) is 0 Å². The van der Waals surface area contributed by atoms with Crippen LogP contribution in [0.5, 0.6) is 11.5 Å². The van der Waals surface area contributed by atoms with Gasteiger partial charge in [0.25, 0.3) is 5.91 Å². The minimum Gasteiger partial charge on any atom is -0.497 e. The summed E-state index contributed by atoms with van der Waals surface area (Å²) in [5.74, 6) is -0.712. The van der Waals surface area contributed by atoms with Gasteiger partial charge < -0.3 is 20.1 Å². The fourth-order valence-corrected chi connectivity index (χ4v) is 2.93. The van der Waals surface area contributed by atoms with Crippen molar-refractivity contribution in [1.29, 1.82) is 0 Å². The van der Waals surface area contributed by atoms with Gasteiger partial charge in [0.05, 0.1) is 13.3 Å². The topological polar surface area (TPSA) is 118 Å². The second-order valence-corrected chi connectivity index (χ2v) is 7.33. The number of carbonyl (C=O) groups is 3. The van der Waals surface area contributed by atoms with E-state index in [4.69, 9.17) is 9.47 Å². The van der Waals surface area contributed by atoms with Gasteiger partial charge in [-0.25, -0.2) is 5.43 Å². The number of anilines is 1. The molecule has 0 unspecified atom stereocenters. The molecule has 0 saturated carbocycles. The average molecular weight is 475 g/mol. The second kappa shape index (κ2) is 13.1. The minimum atomic E-state index is -0.850. The van der Waals surface area contributed by atoms with Crippen LogP contribution in [-0.4, -0.2) is 44.2 Å². The van der Waals surface area contributed by atoms with Crippen LogP contribution in [0.2, 0.25) is 0 Å². The standard InChI is InChI=1S/C26H26N4O5/c1-34-22-13-9-21(10-14-22)29-24(31)18-35-23-11-7-20(8-12-23)17-28-30-26(33)25(32)27-16-15-19-5-3-2-4-6-19/h2-14,17H,15-16,18H2,1H3,(H,27,32)(H,29,31)(H,30,33)/b28-17-. The van der Waals surface area contributed by atoms with Crippen molar-refractivity contribution in [2.45, 2.75) is 6.42 Å². The molecule has 3 N–H and O–H groups in total. The van der Waals surface area contributed by atoms with E-state index in [2.05, 4.69) is 21.2 Å². The zero-order valence-electron chi connectivity index (χ0n) is 19.2. The van der Waals surface area contributed by atoms with Gasteiger partial charge >= 0.3 is 11.8 Å². The molecule has 3 aromatic carbocycles. The molecule has 0 atom stereocenters. The van der Waals surface area contributed by atoms with Crippen molar-refractivity contribution >= 4 is 29.6 Å². The van der Waals surface area contributed by atoms with E-state index in [1.165, 1.54) is 6.21 Å². The zero-order chi connectivity index (χ0) is 24.9. The first kappa shape index (κ1) is 25.0. The van der Waals surface area contributed by atoms with Crippen LogP contribution in [0.4, 0.5) is 5.69 Å². The molecule has 3 amide bonds. The van der Waals surface area contributed by atoms with E-state index in [-0.39, 0.29) is 12.5 Å². The van der Waals surface area contributed by atoms with Gasteiger partial charge in [-0.05, 0) is 66.1 Å². The fourth-order valence-electron chi connectivity index (χ4n) is 2.93. The number of rotatable bonds is 10. The Hall–Kier alpha value is -4.66. The third kappa shape index (κ3) is 8.65. The summed E-state index contributed by atoms with van der Waals surface area (Å²) in [4.78, 5) is 35.7. The van der Waals surface area contributed by atoms with Crippen LogP contribution in [0.1, 0.15) is 11.1 Å². The Morgan fingerprint density at radius 2 is 1.54 bits per heavy atom. The summed E-state index contributed by atoms with van der Waals surface area (Å²) >= 11 is 0. The lowest BCUT2D eigenvalue weighted by Crippen LogP contribution is -2.38. The quantitative estimate of drug-likeness (QED) is 0.237. The smallest absolute Gasteiger partial charge is 0.329 e. The van der Waals surface area contributed by atoms with Crippen LogP contribution < -0.4 is 25.5 Å². The van der Waals surface area contributed by atoms with Crippen molar-refractivity contribution in [3.8, 4) is 11.5 Å². The molecular formula is C26H26N4O5. The minimum absolute atomic E-state index is 0.158. The predicted molar refractivity (Wildman–Crippen MR) is 132 cm³/mol. The largest absolute Gasteiger partial charge is 0.497 e. The number of nitrogens with one attached hydrogen (secondary N) is 3. The highest BCUT2D eigenvalue weighted by molar-refractivity contribution is 6.35. The highest BCUT2D eigenvalue weighted by Crippen LogP contribution is 2.15. The van der Waals surface area contributed by atoms with Crippen LogP contribution in [0.15, 0.2) is 84.0 Å². The highest BCUT2D eigenvalue weighted by Gasteiger charge is 2.11. The lowest BCUT2D eigenvalue weighted by molar-refractivity contribution is -0.139. The summed E-state index contributed by atoms with van der Waals surface area (Å²) < 4.78 is 10.6. The fraction of sp³-hybridized carbons (Fsp3) is 0.154. The third-order valence-electron chi connectivity index (χ3n) is 4.75. The van der Waals surface area contributed by atoms with E-state index in [1.54, 1.807) is 55.6 Å². The van der Waals surface area contributed by atoms with Crippen LogP contribution in [0.25, 0.3) is 0 Å². The predicted octanol–water partition coefficient (Wildman–Crippen LogP) is 2.52. The van der Waals surface area contributed by atoms with Crippen molar-refractivity contribution < 1.29 is 23.9 Å². The van der Waals surface area contributed by atoms with Gasteiger partial charge in [-0.3, -0.25) is 14.4 Å². The summed E-state index contributed by atoms with van der Waals surface area (Å²) in [6.07, 6.45) is 2.02. The van der Waals surface area contributed by atoms with Gasteiger partial charge in [-0.2, -0.15) is 5.10 Å². The van der Waals surface area contributed by atoms with Gasteiger partial charge in [0.15, 0.2) is 6.61 Å². The van der Waals surface area contributed by atoms with E-state index in [0.29, 0.717) is 35.7 Å². The first-order valence-electron chi connectivity index (χ1n) is 10.9. The molecule has 0 fully saturated rings. The summed E-state index contributed by atoms with van der Waals surface area (Å²) in [5.41, 5.74) is 4.57. The van der Waals surface area contributed by atoms with E-state index in [9.17, 15) is 14.4 Å². The summed E-state index contributed by atoms with van der Waals surface area (Å²) in [5, 5.41) is 9.07. The Kier molecular flexibility index (Phi) is 9.38. The molecule has 0 aliphatic rings. The normalized spacial score (nSPS) is 10.4. The van der Waals surface area contributed by atoms with Crippen LogP contribution in [0, 0.1) is 0 Å². The average Bonchev–Trinajstić information content (AvgIpc) is 2.89. The first-order chi connectivity index (χ1) is 17.0. The Labute approximate surface area is 203 Å². The first-order valence-corrected chi connectivity index (χ1v) is 10.9. The maximum Gasteiger partial charge on any atom is 0.329 e. The Morgan fingerprint density at radius 3 is 2.23 bits per heavy atom. The van der Waals surface area contributed by atoms with E-state index < -0.39 is 11.8 Å². The second-order valence-electron chi connectivity index (χ2n) is 7.33. The van der Waals surface area contributed by atoms with Gasteiger partial charge in [-0.1, -0.05) is 30.3 Å². The molecule has 0 radical (unpaired) electrons. The highest BCUT2D eigenvalue weighted by atomic mass is 16.5. The number of carbonyl (C=O) groups excluding carboxylic acids is 3. The van der Waals surface area contributed by atoms with Crippen molar-refractivity contribution in [2.24, 2.45) is 5.10 Å². The SMILES string of the molecule is COc1ccc(NC(=O)COc2ccc(/C=N\NC(=O)C(=O)NCCc3ccccc3)cc2)cc1. The summed E-state index contributed by atoms with van der Waals surface area (Å²) in [7, 11) is 1.57. The van der Waals surface area contributed by atoms with E-state index in [1.807, 2.05) is 30.3 Å². The maximum atomic E-state index is 12.0. The molecule has 9 heteroatoms. The Morgan fingerprint density at radius 1 is 0.857 bits per heavy atom. The molecule has 0 aliphatic heterocycles. The molecule has 0 heterocycles. The van der Waals surface area contributed by atoms with Crippen molar-refractivity contribution in [1.82, 2.24) is 10.7 Å². The number of ether oxygens (including phenoxy) is 2. The van der Waals surface area contributed by atoms with Gasteiger partial charge in [0, 0.05) is 12.2 Å². The number of hydrogen-bond donors (Lipinski definition) is 3. The number of amides is 3. The van der Waals surface area contributed by atoms with Crippen molar-refractivity contribution in [3.63, 3.8) is 0 Å². The molecule has 0 spiro atoms. The van der Waals surface area contributed by atoms with E-state index in [0.717, 1.165) is 5.56 Å². The maximum absolute atomic E-state index is 12.0. The van der Waals surface area contributed by atoms with Crippen LogP contribution >= 0.6 is 0 Å². The summed E-state index contributed by atoms with van der Waals surface area (Å²) in [6, 6.07) is 23.3. The van der Waals surface area contributed by atoms with Crippen molar-refractivity contribution in [2.75, 3.05) is 25.6 Å². The molecular weight excluding hydrogens is 448 g/mol. The van der Waals surface area contributed by atoms with Gasteiger partial charge in [0.1, 0.15) is 11.5 Å². The van der Waals surface area contributed by atoms with Crippen LogP contribution in [0.3, 0.4) is 0 Å². The number of hydrogen-bond acceptors (Lipinski definition) is 6. The monoisotopic (exact) mass is 474 g/mol. The Balaban J connectivity index is 1.36. The molecule has 0 saturated heterocycles. The number of nitrogens with zero attached hydrogens (tertiary/aromatic N) is 1. The van der Waals surface area contributed by atoms with Gasteiger partial charge in [0.2, 0.25) is 0 Å². The molecule has 180 valence electrons. The lowest BCUT2D eigenvalue weighted by atomic mass is 10.1. The molecule has 0 aromatic heterocycles. The number of hydrazone groups is 1. The van der Waals surface area contributed by atoms with E-state index >= 15 is 0 Å². The molecule has 35 heavy (non-hydrogen) atoms. The Bertz CT molecular complexity index is 1150. The zero-order valence-corrected chi connectivity index (χ0v) is 19.2. The van der Waals surface area contributed by atoms with Crippen molar-refractivity contribution in [3.05, 3.63) is 90.0 Å². The molecule has 9 nitrogen and oxygen atoms in total. The lowest BCUT2D eigenvalue weighted by Gasteiger charge is -2.08. The molecule has 3 aromatic rings. The molecule has 3 rings (SSSR count). The number of benzene rings is 3. The molecule has 0 aliphatic carbocycles. The number of methoxy groups -OCH3 is 1. The third-order valence-corrected chi connectivity index (χ3v) is 4.75. The summed E-state index contributed by atoms with van der Waals surface area (Å²) in [6.45, 7) is 0.189.